The van der Waals surface area contributed by atoms with Crippen molar-refractivity contribution in [1.29, 1.82) is 0 Å². The Morgan fingerprint density at radius 3 is 2.40 bits per heavy atom. The Morgan fingerprint density at radius 2 is 1.73 bits per heavy atom. The molecule has 1 aliphatic rings. The summed E-state index contributed by atoms with van der Waals surface area (Å²) in [4.78, 5) is 26.7. The van der Waals surface area contributed by atoms with Crippen LogP contribution in [0, 0.1) is 6.92 Å². The molecule has 40 heavy (non-hydrogen) atoms. The first kappa shape index (κ1) is 27.5. The summed E-state index contributed by atoms with van der Waals surface area (Å²) in [7, 11) is 0. The summed E-state index contributed by atoms with van der Waals surface area (Å²) in [5.74, 6) is 0.668. The molecule has 10 nitrogen and oxygen atoms in total. The minimum absolute atomic E-state index is 0.173. The number of hydrogen-bond donors (Lipinski definition) is 1. The van der Waals surface area contributed by atoms with E-state index in [0.717, 1.165) is 48.9 Å². The van der Waals surface area contributed by atoms with Gasteiger partial charge in [0.25, 0.3) is 5.91 Å². The lowest BCUT2D eigenvalue weighted by atomic mass is 9.94. The normalized spacial score (nSPS) is 14.9. The van der Waals surface area contributed by atoms with E-state index in [1.165, 1.54) is 0 Å². The second-order valence-electron chi connectivity index (χ2n) is 12.3. The van der Waals surface area contributed by atoms with Gasteiger partial charge < -0.3 is 14.6 Å². The van der Waals surface area contributed by atoms with E-state index in [1.807, 2.05) is 52.2 Å². The van der Waals surface area contributed by atoms with E-state index in [1.54, 1.807) is 23.1 Å². The number of nitrogens with one attached hydrogen (secondary N) is 1. The molecule has 0 spiro atoms. The second-order valence-corrected chi connectivity index (χ2v) is 12.3. The molecule has 0 atom stereocenters. The van der Waals surface area contributed by atoms with Crippen molar-refractivity contribution in [2.45, 2.75) is 59.4 Å². The highest BCUT2D eigenvalue weighted by atomic mass is 16.4. The van der Waals surface area contributed by atoms with Crippen LogP contribution in [0.2, 0.25) is 0 Å². The molecule has 1 saturated heterocycles. The molecule has 5 heterocycles. The van der Waals surface area contributed by atoms with Crippen molar-refractivity contribution in [3.05, 3.63) is 66.3 Å². The lowest BCUT2D eigenvalue weighted by Crippen LogP contribution is -2.53. The molecule has 0 radical (unpaired) electrons. The van der Waals surface area contributed by atoms with Gasteiger partial charge in [-0.15, -0.1) is 5.10 Å². The highest BCUT2D eigenvalue weighted by Crippen LogP contribution is 2.27. The van der Waals surface area contributed by atoms with Crippen LogP contribution < -0.4 is 10.2 Å². The van der Waals surface area contributed by atoms with Gasteiger partial charge in [0.15, 0.2) is 5.76 Å². The first-order valence-corrected chi connectivity index (χ1v) is 13.6. The number of anilines is 2. The molecule has 0 aliphatic carbocycles. The third-order valence-corrected chi connectivity index (χ3v) is 7.24. The van der Waals surface area contributed by atoms with Crippen LogP contribution in [0.5, 0.6) is 0 Å². The molecule has 4 aromatic rings. The fraction of sp³-hybridized carbons (Fsp3) is 0.433. The number of carbonyl (C=O) groups is 1. The number of pyridine rings is 2. The summed E-state index contributed by atoms with van der Waals surface area (Å²) in [6.07, 6.45) is 7.19. The van der Waals surface area contributed by atoms with Crippen molar-refractivity contribution in [2.24, 2.45) is 0 Å². The van der Waals surface area contributed by atoms with Crippen molar-refractivity contribution < 1.29 is 9.21 Å². The lowest BCUT2D eigenvalue weighted by Gasteiger charge is -2.43. The minimum atomic E-state index is -0.336. The summed E-state index contributed by atoms with van der Waals surface area (Å²) in [5, 5.41) is 11.7. The molecule has 4 aromatic heterocycles. The zero-order valence-electron chi connectivity index (χ0n) is 24.4. The molecular formula is C30H38N8O2. The largest absolute Gasteiger partial charge is 0.455 e. The Kier molecular flexibility index (Phi) is 7.22. The SMILES string of the molecule is Cc1ncc(NC(=O)c2ccc(C(C)(C)C)o2)cc1-n1cc(-c2cncc(N3CCN(C(C)(C)C)CC3)c2)nn1. The summed E-state index contributed by atoms with van der Waals surface area (Å²) in [5.41, 5.74) is 4.68. The van der Waals surface area contributed by atoms with E-state index >= 15 is 0 Å². The van der Waals surface area contributed by atoms with Crippen LogP contribution in [-0.2, 0) is 5.41 Å². The maximum Gasteiger partial charge on any atom is 0.291 e. The van der Waals surface area contributed by atoms with Crippen LogP contribution in [0.4, 0.5) is 11.4 Å². The third kappa shape index (κ3) is 5.91. The number of amides is 1. The monoisotopic (exact) mass is 542 g/mol. The number of rotatable bonds is 5. The molecule has 1 aliphatic heterocycles. The number of aromatic nitrogens is 5. The molecule has 1 amide bonds. The van der Waals surface area contributed by atoms with Gasteiger partial charge in [0, 0.05) is 48.9 Å². The molecule has 0 unspecified atom stereocenters. The Bertz CT molecular complexity index is 1500. The third-order valence-electron chi connectivity index (χ3n) is 7.24. The Morgan fingerprint density at radius 1 is 0.975 bits per heavy atom. The number of nitrogens with zero attached hydrogens (tertiary/aromatic N) is 7. The van der Waals surface area contributed by atoms with Gasteiger partial charge in [-0.2, -0.15) is 0 Å². The van der Waals surface area contributed by atoms with Gasteiger partial charge in [-0.3, -0.25) is 19.7 Å². The van der Waals surface area contributed by atoms with Gasteiger partial charge in [-0.1, -0.05) is 26.0 Å². The van der Waals surface area contributed by atoms with Crippen molar-refractivity contribution in [3.63, 3.8) is 0 Å². The van der Waals surface area contributed by atoms with E-state index in [9.17, 15) is 4.79 Å². The van der Waals surface area contributed by atoms with Crippen molar-refractivity contribution in [2.75, 3.05) is 36.4 Å². The first-order chi connectivity index (χ1) is 18.9. The van der Waals surface area contributed by atoms with E-state index in [2.05, 4.69) is 62.2 Å². The van der Waals surface area contributed by atoms with Crippen molar-refractivity contribution in [3.8, 4) is 16.9 Å². The molecule has 0 bridgehead atoms. The van der Waals surface area contributed by atoms with E-state index in [-0.39, 0.29) is 22.6 Å². The molecule has 1 fully saturated rings. The molecule has 5 rings (SSSR count). The quantitative estimate of drug-likeness (QED) is 0.372. The highest BCUT2D eigenvalue weighted by molar-refractivity contribution is 6.02. The van der Waals surface area contributed by atoms with Crippen LogP contribution in [0.15, 0.2) is 53.5 Å². The summed E-state index contributed by atoms with van der Waals surface area (Å²) in [6, 6.07) is 7.47. The van der Waals surface area contributed by atoms with Crippen LogP contribution in [0.25, 0.3) is 16.9 Å². The summed E-state index contributed by atoms with van der Waals surface area (Å²) >= 11 is 0. The summed E-state index contributed by atoms with van der Waals surface area (Å²) < 4.78 is 7.45. The number of piperazine rings is 1. The molecule has 1 N–H and O–H groups in total. The van der Waals surface area contributed by atoms with Gasteiger partial charge >= 0.3 is 0 Å². The zero-order valence-corrected chi connectivity index (χ0v) is 24.4. The molecule has 0 aromatic carbocycles. The van der Waals surface area contributed by atoms with Crippen LogP contribution in [-0.4, -0.2) is 67.5 Å². The van der Waals surface area contributed by atoms with Crippen molar-refractivity contribution in [1.82, 2.24) is 29.9 Å². The smallest absolute Gasteiger partial charge is 0.291 e. The predicted molar refractivity (Wildman–Crippen MR) is 156 cm³/mol. The van der Waals surface area contributed by atoms with Gasteiger partial charge in [0.1, 0.15) is 11.5 Å². The maximum atomic E-state index is 12.8. The predicted octanol–water partition coefficient (Wildman–Crippen LogP) is 5.10. The lowest BCUT2D eigenvalue weighted by molar-refractivity contribution is 0.0993. The van der Waals surface area contributed by atoms with Crippen LogP contribution in [0.1, 0.15) is 63.6 Å². The van der Waals surface area contributed by atoms with Crippen LogP contribution >= 0.6 is 0 Å². The number of hydrogen-bond acceptors (Lipinski definition) is 8. The Labute approximate surface area is 235 Å². The molecular weight excluding hydrogens is 504 g/mol. The van der Waals surface area contributed by atoms with Gasteiger partial charge in [0.05, 0.1) is 41.3 Å². The average Bonchev–Trinajstić information content (AvgIpc) is 3.60. The topological polar surface area (TPSA) is 105 Å². The second kappa shape index (κ2) is 10.5. The maximum absolute atomic E-state index is 12.8. The van der Waals surface area contributed by atoms with Gasteiger partial charge in [0.2, 0.25) is 0 Å². The first-order valence-electron chi connectivity index (χ1n) is 13.6. The zero-order chi connectivity index (χ0) is 28.7. The van der Waals surface area contributed by atoms with Gasteiger partial charge in [-0.05, 0) is 52.0 Å². The molecule has 10 heteroatoms. The average molecular weight is 543 g/mol. The van der Waals surface area contributed by atoms with E-state index < -0.39 is 0 Å². The Hall–Kier alpha value is -4.05. The minimum Gasteiger partial charge on any atom is -0.455 e. The van der Waals surface area contributed by atoms with Crippen molar-refractivity contribution >= 4 is 17.3 Å². The fourth-order valence-corrected chi connectivity index (χ4v) is 4.77. The fourth-order valence-electron chi connectivity index (χ4n) is 4.77. The number of aryl methyl sites for hydroxylation is 1. The Balaban J connectivity index is 1.31. The molecule has 0 saturated carbocycles. The van der Waals surface area contributed by atoms with Gasteiger partial charge in [-0.25, -0.2) is 4.68 Å². The molecule has 210 valence electrons. The number of carbonyl (C=O) groups excluding carboxylic acids is 1. The van der Waals surface area contributed by atoms with E-state index in [0.29, 0.717) is 17.1 Å². The highest BCUT2D eigenvalue weighted by Gasteiger charge is 2.26. The number of furan rings is 1. The standard InChI is InChI=1S/C30H38N8O2/c1-20-25(15-22(17-32-20)33-28(39)26-8-9-27(40-26)29(2,3)4)38-19-24(34-35-38)21-14-23(18-31-16-21)36-10-12-37(13-11-36)30(5,6)7/h8-9,14-19H,10-13H2,1-7H3,(H,33,39). The van der Waals surface area contributed by atoms with E-state index in [4.69, 9.17) is 4.42 Å². The summed E-state index contributed by atoms with van der Waals surface area (Å²) in [6.45, 7) is 18.7. The van der Waals surface area contributed by atoms with Crippen LogP contribution in [0.3, 0.4) is 0 Å².